The van der Waals surface area contributed by atoms with Crippen LogP contribution >= 0.6 is 24.0 Å². The number of carbonyl (C=O) groups excluding carboxylic acids is 4. The third-order valence-corrected chi connectivity index (χ3v) is 8.02. The Labute approximate surface area is 287 Å². The molecular formula is C32H37Cl2F2N7O5. The molecule has 0 saturated carbocycles. The number of nitrogens with one attached hydrogen (secondary N) is 4. The summed E-state index contributed by atoms with van der Waals surface area (Å²) < 4.78 is 33.9. The zero-order valence-electron chi connectivity index (χ0n) is 26.9. The van der Waals surface area contributed by atoms with Gasteiger partial charge in [-0.3, -0.25) is 19.2 Å². The molecule has 3 atom stereocenters. The maximum atomic E-state index is 14.7. The van der Waals surface area contributed by atoms with Crippen LogP contribution < -0.4 is 26.0 Å². The molecule has 1 aromatic heterocycles. The summed E-state index contributed by atoms with van der Waals surface area (Å²) in [6.45, 7) is 10.5. The molecule has 0 bridgehead atoms. The number of rotatable bonds is 10. The first-order chi connectivity index (χ1) is 22.2. The van der Waals surface area contributed by atoms with E-state index < -0.39 is 63.8 Å². The van der Waals surface area contributed by atoms with Crippen LogP contribution in [0.15, 0.2) is 43.2 Å². The first kappa shape index (κ1) is 37.9. The number of ether oxygens (including phenoxy) is 1. The molecule has 0 spiro atoms. The van der Waals surface area contributed by atoms with Crippen molar-refractivity contribution in [3.05, 3.63) is 59.9 Å². The molecule has 1 aliphatic rings. The molecule has 2 heterocycles. The number of carbonyl (C=O) groups is 4. The van der Waals surface area contributed by atoms with Crippen molar-refractivity contribution in [1.29, 1.82) is 0 Å². The molecule has 1 fully saturated rings. The van der Waals surface area contributed by atoms with Gasteiger partial charge in [0.15, 0.2) is 5.82 Å². The van der Waals surface area contributed by atoms with Crippen LogP contribution in [0.1, 0.15) is 40.5 Å². The molecule has 4 N–H and O–H groups in total. The highest BCUT2D eigenvalue weighted by Crippen LogP contribution is 2.35. The fraction of sp³-hybridized carbons (Fsp3) is 0.375. The van der Waals surface area contributed by atoms with Gasteiger partial charge in [-0.2, -0.15) is 0 Å². The summed E-state index contributed by atoms with van der Waals surface area (Å²) in [6, 6.07) is 2.47. The Morgan fingerprint density at radius 2 is 1.83 bits per heavy atom. The van der Waals surface area contributed by atoms with E-state index in [1.165, 1.54) is 37.4 Å². The molecule has 16 heteroatoms. The van der Waals surface area contributed by atoms with Gasteiger partial charge in [-0.15, -0.1) is 12.4 Å². The second-order valence-corrected chi connectivity index (χ2v) is 12.4. The number of likely N-dealkylation sites (tertiary alicyclic amines) is 1. The topological polar surface area (TPSA) is 155 Å². The summed E-state index contributed by atoms with van der Waals surface area (Å²) in [6.07, 6.45) is 3.19. The van der Waals surface area contributed by atoms with Gasteiger partial charge in [0.05, 0.1) is 24.0 Å². The Morgan fingerprint density at radius 1 is 1.12 bits per heavy atom. The number of hydrogen-bond acceptors (Lipinski definition) is 8. The van der Waals surface area contributed by atoms with Gasteiger partial charge in [0.2, 0.25) is 23.6 Å². The van der Waals surface area contributed by atoms with Crippen molar-refractivity contribution in [2.75, 3.05) is 24.3 Å². The Morgan fingerprint density at radius 3 is 2.48 bits per heavy atom. The van der Waals surface area contributed by atoms with Crippen LogP contribution in [0.5, 0.6) is 5.75 Å². The maximum absolute atomic E-state index is 14.7. The smallest absolute Gasteiger partial charge is 0.247 e. The minimum absolute atomic E-state index is 0. The van der Waals surface area contributed by atoms with E-state index in [0.29, 0.717) is 23.7 Å². The predicted octanol–water partition coefficient (Wildman–Crippen LogP) is 4.89. The number of aromatic nitrogens is 2. The number of fused-ring (bicyclic) bond motifs is 1. The van der Waals surface area contributed by atoms with Gasteiger partial charge in [0, 0.05) is 18.0 Å². The monoisotopic (exact) mass is 707 g/mol. The summed E-state index contributed by atoms with van der Waals surface area (Å²) in [7, 11) is 1.41. The number of halogens is 4. The quantitative estimate of drug-likeness (QED) is 0.172. The lowest BCUT2D eigenvalue weighted by atomic mass is 9.85. The van der Waals surface area contributed by atoms with E-state index in [2.05, 4.69) is 37.8 Å². The first-order valence-electron chi connectivity index (χ1n) is 14.7. The van der Waals surface area contributed by atoms with Crippen LogP contribution in [0.2, 0.25) is 5.02 Å². The van der Waals surface area contributed by atoms with Crippen LogP contribution in [-0.2, 0) is 19.2 Å². The molecule has 12 nitrogen and oxygen atoms in total. The average molecular weight is 709 g/mol. The number of amides is 4. The lowest BCUT2D eigenvalue weighted by Crippen LogP contribution is -2.59. The van der Waals surface area contributed by atoms with Crippen LogP contribution in [-0.4, -0.2) is 70.3 Å². The standard InChI is InChI=1S/C32H36ClF2N7O5.ClH/c1-7-24(43)38-16(2)29(44)41-27(32(3,4)5)31(46)42-12-8-9-22(42)30(45)40-21-13-17-20(14-23(21)47-6)36-15-37-28(17)39-19-11-10-18(34)25(33)26(19)35;/h7,10-11,13-16,22,27H,1,8-9,12H2,2-6H3,(H,38,43)(H,40,45)(H,41,44)(H,36,37,39);1H. The predicted molar refractivity (Wildman–Crippen MR) is 181 cm³/mol. The normalized spacial score (nSPS) is 15.5. The van der Waals surface area contributed by atoms with E-state index >= 15 is 0 Å². The van der Waals surface area contributed by atoms with E-state index in [-0.39, 0.29) is 41.9 Å². The SMILES string of the molecule is C=CC(=O)NC(C)C(=O)NC(C(=O)N1CCCC1C(=O)Nc1cc2c(Nc3ccc(F)c(Cl)c3F)ncnc2cc1OC)C(C)(C)C.Cl. The van der Waals surface area contributed by atoms with Crippen molar-refractivity contribution >= 4 is 75.7 Å². The number of anilines is 3. The van der Waals surface area contributed by atoms with Crippen molar-refractivity contribution in [2.45, 2.75) is 58.7 Å². The van der Waals surface area contributed by atoms with Gasteiger partial charge in [-0.1, -0.05) is 39.0 Å². The fourth-order valence-electron chi connectivity index (χ4n) is 5.14. The largest absolute Gasteiger partial charge is 0.494 e. The minimum atomic E-state index is -1.01. The highest BCUT2D eigenvalue weighted by molar-refractivity contribution is 6.31. The summed E-state index contributed by atoms with van der Waals surface area (Å²) in [5, 5.41) is 10.5. The van der Waals surface area contributed by atoms with Crippen molar-refractivity contribution in [3.63, 3.8) is 0 Å². The van der Waals surface area contributed by atoms with Gasteiger partial charge in [-0.05, 0) is 49.5 Å². The van der Waals surface area contributed by atoms with Crippen molar-refractivity contribution < 1.29 is 32.7 Å². The molecular weight excluding hydrogens is 671 g/mol. The first-order valence-corrected chi connectivity index (χ1v) is 15.1. The van der Waals surface area contributed by atoms with Gasteiger partial charge >= 0.3 is 0 Å². The van der Waals surface area contributed by atoms with Gasteiger partial charge < -0.3 is 30.9 Å². The number of hydrogen-bond donors (Lipinski definition) is 4. The van der Waals surface area contributed by atoms with Gasteiger partial charge in [0.1, 0.15) is 46.9 Å². The highest BCUT2D eigenvalue weighted by atomic mass is 35.5. The van der Waals surface area contributed by atoms with Crippen LogP contribution in [0.25, 0.3) is 10.9 Å². The van der Waals surface area contributed by atoms with Crippen molar-refractivity contribution in [3.8, 4) is 5.75 Å². The van der Waals surface area contributed by atoms with Crippen LogP contribution in [0.4, 0.5) is 26.0 Å². The molecule has 4 amide bonds. The summed E-state index contributed by atoms with van der Waals surface area (Å²) >= 11 is 5.74. The second-order valence-electron chi connectivity index (χ2n) is 12.1. The Kier molecular flexibility index (Phi) is 12.3. The average Bonchev–Trinajstić information content (AvgIpc) is 3.53. The molecule has 48 heavy (non-hydrogen) atoms. The molecule has 0 aliphatic carbocycles. The Hall–Kier alpha value is -4.56. The van der Waals surface area contributed by atoms with Crippen molar-refractivity contribution in [1.82, 2.24) is 25.5 Å². The van der Waals surface area contributed by atoms with Crippen LogP contribution in [0.3, 0.4) is 0 Å². The molecule has 2 aromatic carbocycles. The van der Waals surface area contributed by atoms with Gasteiger partial charge in [-0.25, -0.2) is 18.7 Å². The fourth-order valence-corrected chi connectivity index (χ4v) is 5.30. The number of nitrogens with zero attached hydrogens (tertiary/aromatic N) is 3. The van der Waals surface area contributed by atoms with Gasteiger partial charge in [0.25, 0.3) is 0 Å². The Bertz CT molecular complexity index is 1740. The van der Waals surface area contributed by atoms with E-state index in [4.69, 9.17) is 16.3 Å². The van der Waals surface area contributed by atoms with E-state index in [1.54, 1.807) is 26.8 Å². The summed E-state index contributed by atoms with van der Waals surface area (Å²) in [5.41, 5.74) is -0.244. The lowest BCUT2D eigenvalue weighted by molar-refractivity contribution is -0.143. The molecule has 258 valence electrons. The Balaban J connectivity index is 0.00000625. The van der Waals surface area contributed by atoms with Crippen molar-refractivity contribution in [2.24, 2.45) is 5.41 Å². The number of benzene rings is 2. The second kappa shape index (κ2) is 15.6. The lowest BCUT2D eigenvalue weighted by Gasteiger charge is -2.36. The zero-order chi connectivity index (χ0) is 34.6. The minimum Gasteiger partial charge on any atom is -0.494 e. The molecule has 1 aliphatic heterocycles. The van der Waals surface area contributed by atoms with E-state index in [9.17, 15) is 28.0 Å². The summed E-state index contributed by atoms with van der Waals surface area (Å²) in [5.74, 6) is -3.56. The summed E-state index contributed by atoms with van der Waals surface area (Å²) in [4.78, 5) is 62.1. The molecule has 3 aromatic rings. The van der Waals surface area contributed by atoms with E-state index in [0.717, 1.165) is 12.1 Å². The molecule has 1 saturated heterocycles. The highest BCUT2D eigenvalue weighted by Gasteiger charge is 2.42. The molecule has 0 radical (unpaired) electrons. The third kappa shape index (κ3) is 8.29. The molecule has 4 rings (SSSR count). The number of methoxy groups -OCH3 is 1. The zero-order valence-corrected chi connectivity index (χ0v) is 28.5. The van der Waals surface area contributed by atoms with Crippen LogP contribution in [0, 0.1) is 17.0 Å². The molecule has 3 unspecified atom stereocenters. The maximum Gasteiger partial charge on any atom is 0.247 e. The van der Waals surface area contributed by atoms with E-state index in [1.807, 2.05) is 0 Å². The third-order valence-electron chi connectivity index (χ3n) is 7.68.